The first-order chi connectivity index (χ1) is 10.8. The number of likely N-dealkylation sites (tertiary alicyclic amines) is 1. The Kier molecular flexibility index (Phi) is 4.78. The van der Waals surface area contributed by atoms with E-state index in [-0.39, 0.29) is 5.91 Å². The molecule has 2 heterocycles. The van der Waals surface area contributed by atoms with E-state index < -0.39 is 0 Å². The summed E-state index contributed by atoms with van der Waals surface area (Å²) in [4.78, 5) is 15.9. The van der Waals surface area contributed by atoms with Gasteiger partial charge in [0.15, 0.2) is 0 Å². The number of hydrogen-bond acceptors (Lipinski definition) is 3. The monoisotopic (exact) mass is 315 g/mol. The fourth-order valence-corrected chi connectivity index (χ4v) is 3.87. The normalized spacial score (nSPS) is 15.8. The molecule has 1 aromatic heterocycles. The Morgan fingerprint density at radius 1 is 1.23 bits per heavy atom. The highest BCUT2D eigenvalue weighted by molar-refractivity contribution is 7.10. The zero-order chi connectivity index (χ0) is 15.4. The summed E-state index contributed by atoms with van der Waals surface area (Å²) >= 11 is 1.83. The highest BCUT2D eigenvalue weighted by Crippen LogP contribution is 2.31. The van der Waals surface area contributed by atoms with Crippen LogP contribution in [0.25, 0.3) is 0 Å². The van der Waals surface area contributed by atoms with Crippen molar-refractivity contribution in [2.45, 2.75) is 25.2 Å². The van der Waals surface area contributed by atoms with Crippen LogP contribution in [0.3, 0.4) is 0 Å². The third-order valence-electron chi connectivity index (χ3n) is 4.31. The second kappa shape index (κ2) is 6.97. The summed E-state index contributed by atoms with van der Waals surface area (Å²) in [6, 6.07) is 12.1. The largest absolute Gasteiger partial charge is 0.497 e. The van der Waals surface area contributed by atoms with E-state index in [2.05, 4.69) is 17.5 Å². The Labute approximate surface area is 135 Å². The number of carbonyl (C=O) groups excluding carboxylic acids is 1. The Bertz CT molecular complexity index is 599. The highest BCUT2D eigenvalue weighted by Gasteiger charge is 2.24. The van der Waals surface area contributed by atoms with Crippen LogP contribution in [0.4, 0.5) is 0 Å². The van der Waals surface area contributed by atoms with E-state index in [4.69, 9.17) is 4.74 Å². The van der Waals surface area contributed by atoms with Crippen molar-refractivity contribution in [2.24, 2.45) is 0 Å². The summed E-state index contributed by atoms with van der Waals surface area (Å²) in [5.41, 5.74) is 1.05. The zero-order valence-corrected chi connectivity index (χ0v) is 13.6. The zero-order valence-electron chi connectivity index (χ0n) is 12.8. The number of benzene rings is 1. The number of rotatable bonds is 4. The summed E-state index contributed by atoms with van der Waals surface area (Å²) in [5.74, 6) is 1.69. The topological polar surface area (TPSA) is 29.5 Å². The number of methoxy groups -OCH3 is 1. The molecule has 0 atom stereocenters. The first kappa shape index (κ1) is 15.1. The SMILES string of the molecule is COc1ccc(CC(=O)N2CCC(c3cccs3)CC2)cc1. The molecule has 4 heteroatoms. The molecule has 1 aliphatic rings. The van der Waals surface area contributed by atoms with Crippen LogP contribution in [0.15, 0.2) is 41.8 Å². The van der Waals surface area contributed by atoms with Crippen molar-refractivity contribution in [3.8, 4) is 5.75 Å². The van der Waals surface area contributed by atoms with E-state index in [0.717, 1.165) is 37.2 Å². The predicted octanol–water partition coefficient (Wildman–Crippen LogP) is 3.71. The van der Waals surface area contributed by atoms with E-state index >= 15 is 0 Å². The molecule has 1 fully saturated rings. The lowest BCUT2D eigenvalue weighted by Crippen LogP contribution is -2.38. The Balaban J connectivity index is 1.53. The van der Waals surface area contributed by atoms with Gasteiger partial charge in [0.25, 0.3) is 0 Å². The second-order valence-electron chi connectivity index (χ2n) is 5.70. The maximum Gasteiger partial charge on any atom is 0.226 e. The number of hydrogen-bond donors (Lipinski definition) is 0. The van der Waals surface area contributed by atoms with Crippen LogP contribution in [0.5, 0.6) is 5.75 Å². The molecule has 22 heavy (non-hydrogen) atoms. The van der Waals surface area contributed by atoms with E-state index in [1.165, 1.54) is 4.88 Å². The van der Waals surface area contributed by atoms with Gasteiger partial charge >= 0.3 is 0 Å². The van der Waals surface area contributed by atoms with Gasteiger partial charge in [0.05, 0.1) is 13.5 Å². The lowest BCUT2D eigenvalue weighted by Gasteiger charge is -2.31. The van der Waals surface area contributed by atoms with Crippen LogP contribution >= 0.6 is 11.3 Å². The molecule has 0 spiro atoms. The van der Waals surface area contributed by atoms with E-state index in [9.17, 15) is 4.79 Å². The number of ether oxygens (including phenoxy) is 1. The third kappa shape index (κ3) is 3.50. The van der Waals surface area contributed by atoms with Gasteiger partial charge < -0.3 is 9.64 Å². The highest BCUT2D eigenvalue weighted by atomic mass is 32.1. The molecule has 3 rings (SSSR count). The lowest BCUT2D eigenvalue weighted by molar-refractivity contribution is -0.131. The number of carbonyl (C=O) groups is 1. The molecule has 0 bridgehead atoms. The van der Waals surface area contributed by atoms with Crippen molar-refractivity contribution < 1.29 is 9.53 Å². The molecule has 2 aromatic rings. The summed E-state index contributed by atoms with van der Waals surface area (Å²) in [5, 5.41) is 2.14. The standard InChI is InChI=1S/C18H21NO2S/c1-21-16-6-4-14(5-7-16)13-18(20)19-10-8-15(9-11-19)17-3-2-12-22-17/h2-7,12,15H,8-11,13H2,1H3. The molecule has 1 aliphatic heterocycles. The fourth-order valence-electron chi connectivity index (χ4n) is 2.97. The number of amides is 1. The molecule has 0 radical (unpaired) electrons. The molecule has 1 saturated heterocycles. The molecule has 0 unspecified atom stereocenters. The number of thiophene rings is 1. The van der Waals surface area contributed by atoms with Gasteiger partial charge in [0.1, 0.15) is 5.75 Å². The van der Waals surface area contributed by atoms with E-state index in [1.807, 2.05) is 40.5 Å². The van der Waals surface area contributed by atoms with Crippen LogP contribution in [-0.2, 0) is 11.2 Å². The predicted molar refractivity (Wildman–Crippen MR) is 89.6 cm³/mol. The smallest absolute Gasteiger partial charge is 0.226 e. The van der Waals surface area contributed by atoms with Gasteiger partial charge in [0, 0.05) is 18.0 Å². The maximum atomic E-state index is 12.4. The molecular weight excluding hydrogens is 294 g/mol. The van der Waals surface area contributed by atoms with Crippen LogP contribution in [0.2, 0.25) is 0 Å². The van der Waals surface area contributed by atoms with Gasteiger partial charge in [-0.25, -0.2) is 0 Å². The molecule has 1 aromatic carbocycles. The maximum absolute atomic E-state index is 12.4. The first-order valence-electron chi connectivity index (χ1n) is 7.70. The van der Waals surface area contributed by atoms with E-state index in [1.54, 1.807) is 7.11 Å². The molecule has 0 aliphatic carbocycles. The van der Waals surface area contributed by atoms with Crippen LogP contribution in [0.1, 0.15) is 29.2 Å². The third-order valence-corrected chi connectivity index (χ3v) is 5.34. The lowest BCUT2D eigenvalue weighted by atomic mass is 9.95. The summed E-state index contributed by atoms with van der Waals surface area (Å²) in [6.45, 7) is 1.75. The van der Waals surface area contributed by atoms with Gasteiger partial charge in [0.2, 0.25) is 5.91 Å². The molecule has 3 nitrogen and oxygen atoms in total. The van der Waals surface area contributed by atoms with Crippen molar-refractivity contribution in [1.29, 1.82) is 0 Å². The fraction of sp³-hybridized carbons (Fsp3) is 0.389. The molecular formula is C18H21NO2S. The van der Waals surface area contributed by atoms with Gasteiger partial charge in [-0.15, -0.1) is 11.3 Å². The van der Waals surface area contributed by atoms with Crippen molar-refractivity contribution in [3.05, 3.63) is 52.2 Å². The summed E-state index contributed by atoms with van der Waals surface area (Å²) < 4.78 is 5.14. The number of piperidine rings is 1. The average Bonchev–Trinajstić information content (AvgIpc) is 3.10. The van der Waals surface area contributed by atoms with Crippen molar-refractivity contribution in [2.75, 3.05) is 20.2 Å². The average molecular weight is 315 g/mol. The molecule has 0 N–H and O–H groups in total. The quantitative estimate of drug-likeness (QED) is 0.861. The van der Waals surface area contributed by atoms with Gasteiger partial charge in [-0.05, 0) is 47.9 Å². The van der Waals surface area contributed by atoms with E-state index in [0.29, 0.717) is 12.3 Å². The van der Waals surface area contributed by atoms with Gasteiger partial charge in [-0.2, -0.15) is 0 Å². The number of nitrogens with zero attached hydrogens (tertiary/aromatic N) is 1. The van der Waals surface area contributed by atoms with Crippen LogP contribution in [0, 0.1) is 0 Å². The molecule has 116 valence electrons. The van der Waals surface area contributed by atoms with Crippen molar-refractivity contribution in [1.82, 2.24) is 4.90 Å². The minimum absolute atomic E-state index is 0.231. The Morgan fingerprint density at radius 3 is 2.55 bits per heavy atom. The first-order valence-corrected chi connectivity index (χ1v) is 8.58. The Hall–Kier alpha value is -1.81. The van der Waals surface area contributed by atoms with Crippen molar-refractivity contribution >= 4 is 17.2 Å². The minimum Gasteiger partial charge on any atom is -0.497 e. The van der Waals surface area contributed by atoms with Crippen LogP contribution in [-0.4, -0.2) is 31.0 Å². The second-order valence-corrected chi connectivity index (χ2v) is 6.67. The van der Waals surface area contributed by atoms with Gasteiger partial charge in [-0.3, -0.25) is 4.79 Å². The van der Waals surface area contributed by atoms with Crippen LogP contribution < -0.4 is 4.74 Å². The van der Waals surface area contributed by atoms with Gasteiger partial charge in [-0.1, -0.05) is 18.2 Å². The molecule has 0 saturated carbocycles. The Morgan fingerprint density at radius 2 is 1.95 bits per heavy atom. The summed E-state index contributed by atoms with van der Waals surface area (Å²) in [6.07, 6.45) is 2.64. The minimum atomic E-state index is 0.231. The summed E-state index contributed by atoms with van der Waals surface area (Å²) in [7, 11) is 1.65. The van der Waals surface area contributed by atoms with Crippen molar-refractivity contribution in [3.63, 3.8) is 0 Å². The molecule has 1 amide bonds.